The van der Waals surface area contributed by atoms with Gasteiger partial charge in [0.2, 0.25) is 0 Å². The third kappa shape index (κ3) is 4.68. The van der Waals surface area contributed by atoms with E-state index in [1.807, 2.05) is 24.3 Å². The molecule has 0 aromatic heterocycles. The van der Waals surface area contributed by atoms with Gasteiger partial charge in [-0.15, -0.1) is 0 Å². The number of rotatable bonds is 6. The number of esters is 1. The van der Waals surface area contributed by atoms with Gasteiger partial charge in [0, 0.05) is 17.1 Å². The van der Waals surface area contributed by atoms with Crippen LogP contribution in [-0.2, 0) is 11.3 Å². The smallest absolute Gasteiger partial charge is 0.338 e. The molecule has 2 aromatic rings. The number of ether oxygens (including phenoxy) is 1. The van der Waals surface area contributed by atoms with E-state index in [0.29, 0.717) is 12.2 Å². The fraction of sp³-hybridized carbons (Fsp3) is 0.278. The zero-order valence-electron chi connectivity index (χ0n) is 12.8. The molecule has 0 radical (unpaired) electrons. The zero-order valence-corrected chi connectivity index (χ0v) is 14.4. The van der Waals surface area contributed by atoms with Crippen LogP contribution in [0.1, 0.15) is 41.4 Å². The lowest BCUT2D eigenvalue weighted by atomic mass is 10.1. The maximum Gasteiger partial charge on any atom is 0.338 e. The lowest BCUT2D eigenvalue weighted by Crippen LogP contribution is -2.18. The summed E-state index contributed by atoms with van der Waals surface area (Å²) in [6.45, 7) is 5.08. The highest BCUT2D eigenvalue weighted by atomic mass is 79.9. The quantitative estimate of drug-likeness (QED) is 0.771. The molecule has 116 valence electrons. The van der Waals surface area contributed by atoms with Gasteiger partial charge in [-0.1, -0.05) is 40.2 Å². The topological polar surface area (TPSA) is 38.3 Å². The van der Waals surface area contributed by atoms with Gasteiger partial charge in [-0.25, -0.2) is 4.79 Å². The summed E-state index contributed by atoms with van der Waals surface area (Å²) in [4.78, 5) is 11.6. The maximum absolute atomic E-state index is 11.6. The summed E-state index contributed by atoms with van der Waals surface area (Å²) in [6.07, 6.45) is 0. The van der Waals surface area contributed by atoms with Crippen molar-refractivity contribution >= 4 is 21.9 Å². The molecular formula is C18H20BrNO2. The molecule has 3 nitrogen and oxygen atoms in total. The highest BCUT2D eigenvalue weighted by Crippen LogP contribution is 2.18. The predicted octanol–water partition coefficient (Wildman–Crippen LogP) is 4.48. The van der Waals surface area contributed by atoms with Crippen LogP contribution in [-0.4, -0.2) is 12.6 Å². The molecule has 0 amide bonds. The molecule has 0 spiro atoms. The van der Waals surface area contributed by atoms with Gasteiger partial charge in [0.05, 0.1) is 12.2 Å². The van der Waals surface area contributed by atoms with Crippen molar-refractivity contribution < 1.29 is 9.53 Å². The summed E-state index contributed by atoms with van der Waals surface area (Å²) in [5.41, 5.74) is 2.96. The Hall–Kier alpha value is -1.65. The summed E-state index contributed by atoms with van der Waals surface area (Å²) >= 11 is 3.49. The molecule has 1 atom stereocenters. The van der Waals surface area contributed by atoms with Crippen molar-refractivity contribution in [1.82, 2.24) is 5.32 Å². The maximum atomic E-state index is 11.6. The van der Waals surface area contributed by atoms with Crippen LogP contribution >= 0.6 is 15.9 Å². The summed E-state index contributed by atoms with van der Waals surface area (Å²) in [6, 6.07) is 16.0. The first kappa shape index (κ1) is 16.7. The lowest BCUT2D eigenvalue weighted by Gasteiger charge is -2.15. The summed E-state index contributed by atoms with van der Waals surface area (Å²) in [5, 5.41) is 3.48. The van der Waals surface area contributed by atoms with E-state index in [1.54, 1.807) is 19.1 Å². The lowest BCUT2D eigenvalue weighted by molar-refractivity contribution is 0.0526. The number of benzene rings is 2. The van der Waals surface area contributed by atoms with Crippen LogP contribution in [0.2, 0.25) is 0 Å². The van der Waals surface area contributed by atoms with Gasteiger partial charge in [-0.2, -0.15) is 0 Å². The summed E-state index contributed by atoms with van der Waals surface area (Å²) < 4.78 is 6.06. The van der Waals surface area contributed by atoms with Gasteiger partial charge >= 0.3 is 5.97 Å². The Morgan fingerprint density at radius 1 is 1.23 bits per heavy atom. The first-order valence-electron chi connectivity index (χ1n) is 7.35. The molecule has 0 aliphatic carbocycles. The predicted molar refractivity (Wildman–Crippen MR) is 91.8 cm³/mol. The molecule has 0 heterocycles. The molecule has 22 heavy (non-hydrogen) atoms. The summed E-state index contributed by atoms with van der Waals surface area (Å²) in [5.74, 6) is -0.274. The molecule has 0 saturated carbocycles. The second-order valence-electron chi connectivity index (χ2n) is 5.07. The third-order valence-electron chi connectivity index (χ3n) is 3.43. The first-order chi connectivity index (χ1) is 10.6. The Balaban J connectivity index is 1.93. The van der Waals surface area contributed by atoms with Crippen molar-refractivity contribution in [2.45, 2.75) is 26.4 Å². The molecule has 0 bridgehead atoms. The van der Waals surface area contributed by atoms with E-state index in [9.17, 15) is 4.79 Å². The molecule has 0 saturated heterocycles. The van der Waals surface area contributed by atoms with Crippen molar-refractivity contribution in [3.05, 3.63) is 69.7 Å². The molecule has 2 aromatic carbocycles. The minimum atomic E-state index is -0.274. The van der Waals surface area contributed by atoms with Gasteiger partial charge in [0.25, 0.3) is 0 Å². The van der Waals surface area contributed by atoms with Crippen molar-refractivity contribution in [2.24, 2.45) is 0 Å². The fourth-order valence-electron chi connectivity index (χ4n) is 2.14. The average molecular weight is 362 g/mol. The van der Waals surface area contributed by atoms with Gasteiger partial charge in [0.1, 0.15) is 0 Å². The number of hydrogen-bond acceptors (Lipinski definition) is 3. The second-order valence-corrected chi connectivity index (χ2v) is 5.99. The molecule has 1 unspecified atom stereocenters. The second kappa shape index (κ2) is 8.11. The molecule has 1 N–H and O–H groups in total. The van der Waals surface area contributed by atoms with Crippen molar-refractivity contribution in [3.63, 3.8) is 0 Å². The molecule has 4 heteroatoms. The number of carbonyl (C=O) groups excluding carboxylic acids is 1. The largest absolute Gasteiger partial charge is 0.462 e. The Labute approximate surface area is 139 Å². The van der Waals surface area contributed by atoms with Gasteiger partial charge in [0.15, 0.2) is 0 Å². The van der Waals surface area contributed by atoms with E-state index in [2.05, 4.69) is 40.3 Å². The minimum Gasteiger partial charge on any atom is -0.462 e. The first-order valence-corrected chi connectivity index (χ1v) is 8.14. The highest BCUT2D eigenvalue weighted by Gasteiger charge is 2.07. The zero-order chi connectivity index (χ0) is 15.9. The number of carbonyl (C=O) groups is 1. The van der Waals surface area contributed by atoms with Crippen LogP contribution < -0.4 is 5.32 Å². The van der Waals surface area contributed by atoms with Crippen LogP contribution in [0, 0.1) is 0 Å². The fourth-order valence-corrected chi connectivity index (χ4v) is 2.55. The minimum absolute atomic E-state index is 0.252. The van der Waals surface area contributed by atoms with Crippen molar-refractivity contribution in [1.29, 1.82) is 0 Å². The van der Waals surface area contributed by atoms with Crippen LogP contribution in [0.5, 0.6) is 0 Å². The Kier molecular flexibility index (Phi) is 6.16. The Morgan fingerprint density at radius 3 is 2.59 bits per heavy atom. The summed E-state index contributed by atoms with van der Waals surface area (Å²) in [7, 11) is 0. The van der Waals surface area contributed by atoms with Crippen LogP contribution in [0.25, 0.3) is 0 Å². The SMILES string of the molecule is CCOC(=O)c1ccc(CNC(C)c2cccc(Br)c2)cc1. The van der Waals surface area contributed by atoms with E-state index in [-0.39, 0.29) is 12.0 Å². The standard InChI is InChI=1S/C18H20BrNO2/c1-3-22-18(21)15-9-7-14(8-10-15)12-20-13(2)16-5-4-6-17(19)11-16/h4-11,13,20H,3,12H2,1-2H3. The number of nitrogens with one attached hydrogen (secondary N) is 1. The molecule has 2 rings (SSSR count). The van der Waals surface area contributed by atoms with Crippen LogP contribution in [0.3, 0.4) is 0 Å². The molecule has 0 aliphatic heterocycles. The van der Waals surface area contributed by atoms with E-state index in [4.69, 9.17) is 4.74 Å². The average Bonchev–Trinajstić information content (AvgIpc) is 2.53. The van der Waals surface area contributed by atoms with Crippen molar-refractivity contribution in [3.8, 4) is 0 Å². The normalized spacial score (nSPS) is 12.0. The van der Waals surface area contributed by atoms with E-state index >= 15 is 0 Å². The third-order valence-corrected chi connectivity index (χ3v) is 3.92. The van der Waals surface area contributed by atoms with Crippen LogP contribution in [0.4, 0.5) is 0 Å². The number of hydrogen-bond donors (Lipinski definition) is 1. The van der Waals surface area contributed by atoms with E-state index < -0.39 is 0 Å². The highest BCUT2D eigenvalue weighted by molar-refractivity contribution is 9.10. The van der Waals surface area contributed by atoms with Gasteiger partial charge < -0.3 is 10.1 Å². The van der Waals surface area contributed by atoms with Gasteiger partial charge in [-0.05, 0) is 49.2 Å². The van der Waals surface area contributed by atoms with E-state index in [1.165, 1.54) is 5.56 Å². The van der Waals surface area contributed by atoms with Crippen LogP contribution in [0.15, 0.2) is 53.0 Å². The monoisotopic (exact) mass is 361 g/mol. The molecule has 0 aliphatic rings. The Bertz CT molecular complexity index is 625. The molecular weight excluding hydrogens is 342 g/mol. The van der Waals surface area contributed by atoms with Crippen molar-refractivity contribution in [2.75, 3.05) is 6.61 Å². The van der Waals surface area contributed by atoms with Gasteiger partial charge in [-0.3, -0.25) is 0 Å². The number of halogens is 1. The van der Waals surface area contributed by atoms with E-state index in [0.717, 1.165) is 16.6 Å². The Morgan fingerprint density at radius 2 is 1.95 bits per heavy atom. The molecule has 0 fully saturated rings.